The predicted octanol–water partition coefficient (Wildman–Crippen LogP) is 2.11. The minimum atomic E-state index is -0.697. The van der Waals surface area contributed by atoms with E-state index in [1.54, 1.807) is 0 Å². The highest BCUT2D eigenvalue weighted by atomic mass is 16.5. The molecule has 1 aromatic carbocycles. The molecule has 0 radical (unpaired) electrons. The lowest BCUT2D eigenvalue weighted by molar-refractivity contribution is -0.0573. The fourth-order valence-electron chi connectivity index (χ4n) is 2.77. The van der Waals surface area contributed by atoms with Crippen LogP contribution in [0.15, 0.2) is 24.3 Å². The third-order valence-electron chi connectivity index (χ3n) is 4.05. The van der Waals surface area contributed by atoms with E-state index in [2.05, 4.69) is 0 Å². The largest absolute Gasteiger partial charge is 0.388 e. The smallest absolute Gasteiger partial charge is 0.0865 e. The molecule has 1 fully saturated rings. The zero-order valence-corrected chi connectivity index (χ0v) is 12.4. The number of aliphatic hydroxyl groups excluding tert-OH is 1. The maximum Gasteiger partial charge on any atom is 0.0865 e. The van der Waals surface area contributed by atoms with E-state index < -0.39 is 11.7 Å². The Kier molecular flexibility index (Phi) is 5.02. The Bertz CT molecular complexity index is 429. The van der Waals surface area contributed by atoms with Gasteiger partial charge >= 0.3 is 0 Å². The molecule has 0 aliphatic carbocycles. The van der Waals surface area contributed by atoms with Crippen molar-refractivity contribution in [3.05, 3.63) is 29.8 Å². The van der Waals surface area contributed by atoms with Crippen LogP contribution in [0.3, 0.4) is 0 Å². The van der Waals surface area contributed by atoms with Crippen LogP contribution in [0.25, 0.3) is 0 Å². The van der Waals surface area contributed by atoms with Crippen molar-refractivity contribution in [3.63, 3.8) is 0 Å². The number of hydrogen-bond acceptors (Lipinski definition) is 4. The normalized spacial score (nSPS) is 19.6. The molecule has 0 spiro atoms. The van der Waals surface area contributed by atoms with Gasteiger partial charge in [-0.1, -0.05) is 25.1 Å². The Hall–Kier alpha value is -1.10. The zero-order valence-electron chi connectivity index (χ0n) is 12.4. The summed E-state index contributed by atoms with van der Waals surface area (Å²) in [4.78, 5) is 2.04. The Morgan fingerprint density at radius 2 is 1.95 bits per heavy atom. The Morgan fingerprint density at radius 1 is 1.30 bits per heavy atom. The summed E-state index contributed by atoms with van der Waals surface area (Å²) >= 11 is 0. The first-order chi connectivity index (χ1) is 9.56. The maximum absolute atomic E-state index is 10.6. The standard InChI is InChI=1S/C16H25NO3/c1-3-15(18)13-6-4-5-7-14(13)17(2)12-16(19)8-10-20-11-9-16/h4-7,15,18-19H,3,8-12H2,1-2H3/t15-/m0/s1. The summed E-state index contributed by atoms with van der Waals surface area (Å²) in [5.74, 6) is 0. The van der Waals surface area contributed by atoms with Crippen LogP contribution in [-0.2, 0) is 4.74 Å². The highest BCUT2D eigenvalue weighted by Crippen LogP contribution is 2.30. The van der Waals surface area contributed by atoms with Gasteiger partial charge in [0.25, 0.3) is 0 Å². The number of nitrogens with zero attached hydrogens (tertiary/aromatic N) is 1. The number of aliphatic hydroxyl groups is 2. The monoisotopic (exact) mass is 279 g/mol. The lowest BCUT2D eigenvalue weighted by atomic mass is 9.93. The van der Waals surface area contributed by atoms with Crippen LogP contribution in [-0.4, -0.2) is 42.6 Å². The summed E-state index contributed by atoms with van der Waals surface area (Å²) in [6, 6.07) is 7.85. The first kappa shape index (κ1) is 15.3. The second-order valence-corrected chi connectivity index (χ2v) is 5.68. The number of likely N-dealkylation sites (N-methyl/N-ethyl adjacent to an activating group) is 1. The lowest BCUT2D eigenvalue weighted by Crippen LogP contribution is -2.46. The van der Waals surface area contributed by atoms with Crippen LogP contribution in [0, 0.1) is 0 Å². The quantitative estimate of drug-likeness (QED) is 0.867. The van der Waals surface area contributed by atoms with Crippen molar-refractivity contribution in [2.24, 2.45) is 0 Å². The summed E-state index contributed by atoms with van der Waals surface area (Å²) in [6.07, 6.45) is 1.55. The molecule has 0 amide bonds. The summed E-state index contributed by atoms with van der Waals surface area (Å²) in [7, 11) is 1.97. The summed E-state index contributed by atoms with van der Waals surface area (Å²) in [6.45, 7) is 3.75. The Morgan fingerprint density at radius 3 is 2.60 bits per heavy atom. The fourth-order valence-corrected chi connectivity index (χ4v) is 2.77. The molecule has 0 unspecified atom stereocenters. The number of para-hydroxylation sites is 1. The first-order valence-corrected chi connectivity index (χ1v) is 7.34. The van der Waals surface area contributed by atoms with Gasteiger partial charge < -0.3 is 19.8 Å². The number of anilines is 1. The number of ether oxygens (including phenoxy) is 1. The average molecular weight is 279 g/mol. The van der Waals surface area contributed by atoms with Gasteiger partial charge in [0.15, 0.2) is 0 Å². The van der Waals surface area contributed by atoms with Crippen molar-refractivity contribution in [1.29, 1.82) is 0 Å². The fraction of sp³-hybridized carbons (Fsp3) is 0.625. The van der Waals surface area contributed by atoms with E-state index >= 15 is 0 Å². The van der Waals surface area contributed by atoms with Gasteiger partial charge in [-0.2, -0.15) is 0 Å². The van der Waals surface area contributed by atoms with Crippen molar-refractivity contribution < 1.29 is 14.9 Å². The van der Waals surface area contributed by atoms with Crippen LogP contribution >= 0.6 is 0 Å². The van der Waals surface area contributed by atoms with Gasteiger partial charge in [-0.05, 0) is 12.5 Å². The predicted molar refractivity (Wildman–Crippen MR) is 80.0 cm³/mol. The van der Waals surface area contributed by atoms with Crippen molar-refractivity contribution in [1.82, 2.24) is 0 Å². The first-order valence-electron chi connectivity index (χ1n) is 7.34. The molecule has 0 bridgehead atoms. The second kappa shape index (κ2) is 6.57. The number of rotatable bonds is 5. The maximum atomic E-state index is 10.6. The topological polar surface area (TPSA) is 52.9 Å². The van der Waals surface area contributed by atoms with Crippen LogP contribution in [0.1, 0.15) is 37.9 Å². The summed E-state index contributed by atoms with van der Waals surface area (Å²) < 4.78 is 5.31. The van der Waals surface area contributed by atoms with E-state index in [-0.39, 0.29) is 0 Å². The van der Waals surface area contributed by atoms with Crippen LogP contribution < -0.4 is 4.90 Å². The average Bonchev–Trinajstić information content (AvgIpc) is 2.46. The van der Waals surface area contributed by atoms with E-state index in [9.17, 15) is 10.2 Å². The highest BCUT2D eigenvalue weighted by Gasteiger charge is 2.31. The van der Waals surface area contributed by atoms with Gasteiger partial charge in [0, 0.05) is 50.9 Å². The van der Waals surface area contributed by atoms with Crippen molar-refractivity contribution in [2.75, 3.05) is 31.7 Å². The van der Waals surface area contributed by atoms with Crippen LogP contribution in [0.4, 0.5) is 5.69 Å². The molecule has 1 aromatic rings. The van der Waals surface area contributed by atoms with E-state index in [1.165, 1.54) is 0 Å². The third kappa shape index (κ3) is 3.51. The molecule has 1 aliphatic heterocycles. The summed E-state index contributed by atoms with van der Waals surface area (Å²) in [5.41, 5.74) is 1.21. The molecule has 4 heteroatoms. The molecule has 0 saturated carbocycles. The second-order valence-electron chi connectivity index (χ2n) is 5.68. The van der Waals surface area contributed by atoms with E-state index in [1.807, 2.05) is 43.1 Å². The molecule has 0 aromatic heterocycles. The van der Waals surface area contributed by atoms with E-state index in [4.69, 9.17) is 4.74 Å². The van der Waals surface area contributed by atoms with Crippen molar-refractivity contribution >= 4 is 5.69 Å². The minimum Gasteiger partial charge on any atom is -0.388 e. The molecule has 1 aliphatic rings. The van der Waals surface area contributed by atoms with Crippen LogP contribution in [0.2, 0.25) is 0 Å². The molecule has 112 valence electrons. The molecule has 1 atom stereocenters. The number of hydrogen-bond donors (Lipinski definition) is 2. The molecular formula is C16H25NO3. The van der Waals surface area contributed by atoms with Gasteiger partial charge in [-0.15, -0.1) is 0 Å². The van der Waals surface area contributed by atoms with E-state index in [0.717, 1.165) is 11.3 Å². The van der Waals surface area contributed by atoms with Gasteiger partial charge in [-0.25, -0.2) is 0 Å². The highest BCUT2D eigenvalue weighted by molar-refractivity contribution is 5.54. The van der Waals surface area contributed by atoms with Gasteiger partial charge in [0.05, 0.1) is 11.7 Å². The molecule has 4 nitrogen and oxygen atoms in total. The minimum absolute atomic E-state index is 0.460. The molecule has 2 rings (SSSR count). The molecule has 1 saturated heterocycles. The molecule has 1 heterocycles. The van der Waals surface area contributed by atoms with Crippen molar-refractivity contribution in [3.8, 4) is 0 Å². The Balaban J connectivity index is 2.14. The SMILES string of the molecule is CC[C@H](O)c1ccccc1N(C)CC1(O)CCOCC1. The molecule has 2 N–H and O–H groups in total. The Labute approximate surface area is 121 Å². The lowest BCUT2D eigenvalue weighted by Gasteiger charge is -2.37. The van der Waals surface area contributed by atoms with E-state index in [0.29, 0.717) is 39.0 Å². The van der Waals surface area contributed by atoms with Gasteiger partial charge in [-0.3, -0.25) is 0 Å². The molecule has 20 heavy (non-hydrogen) atoms. The van der Waals surface area contributed by atoms with Crippen molar-refractivity contribution in [2.45, 2.75) is 37.9 Å². The number of benzene rings is 1. The van der Waals surface area contributed by atoms with Crippen LogP contribution in [0.5, 0.6) is 0 Å². The molecular weight excluding hydrogens is 254 g/mol. The van der Waals surface area contributed by atoms with Gasteiger partial charge in [0.2, 0.25) is 0 Å². The summed E-state index contributed by atoms with van der Waals surface area (Å²) in [5, 5.41) is 20.7. The third-order valence-corrected chi connectivity index (χ3v) is 4.05. The van der Waals surface area contributed by atoms with Gasteiger partial charge in [0.1, 0.15) is 0 Å². The zero-order chi connectivity index (χ0) is 14.6.